The Morgan fingerprint density at radius 3 is 2.53 bits per heavy atom. The molecule has 0 radical (unpaired) electrons. The molecule has 1 aliphatic carbocycles. The van der Waals surface area contributed by atoms with Crippen LogP contribution < -0.4 is 5.32 Å². The molecule has 1 atom stereocenters. The van der Waals surface area contributed by atoms with Crippen LogP contribution in [-0.4, -0.2) is 10.2 Å². The van der Waals surface area contributed by atoms with E-state index in [1.165, 1.54) is 0 Å². The van der Waals surface area contributed by atoms with E-state index >= 15 is 0 Å². The second-order valence-electron chi connectivity index (χ2n) is 4.63. The summed E-state index contributed by atoms with van der Waals surface area (Å²) in [5.74, 6) is -0.119. The number of hydrogen-bond donors (Lipinski definition) is 1. The smallest absolute Gasteiger partial charge is 0.233 e. The van der Waals surface area contributed by atoms with Crippen LogP contribution in [0, 0.1) is 15.9 Å². The first kappa shape index (κ1) is 13.4. The number of benzene rings is 1. The van der Waals surface area contributed by atoms with E-state index in [2.05, 4.69) is 27.9 Å². The summed E-state index contributed by atoms with van der Waals surface area (Å²) in [7, 11) is 0. The van der Waals surface area contributed by atoms with Crippen molar-refractivity contribution in [3.05, 3.63) is 27.3 Å². The van der Waals surface area contributed by atoms with Crippen molar-refractivity contribution >= 4 is 57.4 Å². The summed E-state index contributed by atoms with van der Waals surface area (Å²) in [5, 5.41) is 2.88. The van der Waals surface area contributed by atoms with Crippen molar-refractivity contribution < 1.29 is 4.79 Å². The number of halogens is 3. The SMILES string of the molecule is Cc1cc(I)ccc1NC(=O)C1(C)CC1(Cl)Cl. The highest BCUT2D eigenvalue weighted by Gasteiger charge is 2.67. The molecule has 1 amide bonds. The van der Waals surface area contributed by atoms with E-state index in [0.717, 1.165) is 14.8 Å². The highest BCUT2D eigenvalue weighted by atomic mass is 127. The van der Waals surface area contributed by atoms with E-state index in [1.54, 1.807) is 6.92 Å². The van der Waals surface area contributed by atoms with Crippen molar-refractivity contribution in [2.24, 2.45) is 5.41 Å². The van der Waals surface area contributed by atoms with Gasteiger partial charge in [-0.15, -0.1) is 23.2 Å². The lowest BCUT2D eigenvalue weighted by Gasteiger charge is -2.14. The van der Waals surface area contributed by atoms with Gasteiger partial charge < -0.3 is 5.32 Å². The Bertz CT molecular complexity index is 489. The minimum atomic E-state index is -0.922. The van der Waals surface area contributed by atoms with Crippen molar-refractivity contribution in [1.82, 2.24) is 0 Å². The quantitative estimate of drug-likeness (QED) is 0.604. The average molecular weight is 384 g/mol. The van der Waals surface area contributed by atoms with Gasteiger partial charge in [0.1, 0.15) is 4.33 Å². The number of rotatable bonds is 2. The molecule has 1 unspecified atom stereocenters. The summed E-state index contributed by atoms with van der Waals surface area (Å²) in [6.07, 6.45) is 0.498. The summed E-state index contributed by atoms with van der Waals surface area (Å²) in [5.41, 5.74) is 1.17. The van der Waals surface area contributed by atoms with E-state index in [-0.39, 0.29) is 5.91 Å². The Morgan fingerprint density at radius 2 is 2.06 bits per heavy atom. The minimum absolute atomic E-state index is 0.119. The van der Waals surface area contributed by atoms with Gasteiger partial charge in [-0.3, -0.25) is 4.79 Å². The zero-order valence-corrected chi connectivity index (χ0v) is 13.2. The van der Waals surface area contributed by atoms with Crippen LogP contribution >= 0.6 is 45.8 Å². The molecule has 0 saturated heterocycles. The van der Waals surface area contributed by atoms with Crippen LogP contribution in [0.15, 0.2) is 18.2 Å². The molecule has 1 saturated carbocycles. The van der Waals surface area contributed by atoms with Gasteiger partial charge in [0.2, 0.25) is 5.91 Å². The maximum absolute atomic E-state index is 12.1. The van der Waals surface area contributed by atoms with Gasteiger partial charge >= 0.3 is 0 Å². The van der Waals surface area contributed by atoms with Crippen LogP contribution in [-0.2, 0) is 4.79 Å². The van der Waals surface area contributed by atoms with Gasteiger partial charge in [-0.1, -0.05) is 0 Å². The lowest BCUT2D eigenvalue weighted by atomic mass is 10.1. The number of aryl methyl sites for hydroxylation is 1. The predicted molar refractivity (Wildman–Crippen MR) is 79.7 cm³/mol. The van der Waals surface area contributed by atoms with E-state index in [4.69, 9.17) is 23.2 Å². The summed E-state index contributed by atoms with van der Waals surface area (Å²) in [4.78, 5) is 12.1. The van der Waals surface area contributed by atoms with Gasteiger partial charge in [0.15, 0.2) is 0 Å². The first-order valence-electron chi connectivity index (χ1n) is 5.22. The van der Waals surface area contributed by atoms with Crippen molar-refractivity contribution in [1.29, 1.82) is 0 Å². The molecule has 1 aromatic rings. The molecule has 1 aromatic carbocycles. The largest absolute Gasteiger partial charge is 0.325 e. The third-order valence-corrected chi connectivity index (χ3v) is 4.97. The Balaban J connectivity index is 2.15. The van der Waals surface area contributed by atoms with E-state index in [0.29, 0.717) is 6.42 Å². The van der Waals surface area contributed by atoms with Crippen molar-refractivity contribution in [2.45, 2.75) is 24.6 Å². The normalized spacial score (nSPS) is 25.5. The molecule has 0 bridgehead atoms. The third kappa shape index (κ3) is 2.42. The van der Waals surface area contributed by atoms with E-state index < -0.39 is 9.75 Å². The second kappa shape index (κ2) is 4.28. The molecule has 0 heterocycles. The average Bonchev–Trinajstić information content (AvgIpc) is 2.72. The van der Waals surface area contributed by atoms with Crippen LogP contribution in [0.3, 0.4) is 0 Å². The standard InChI is InChI=1S/C12H12Cl2INO/c1-7-5-8(15)3-4-9(7)16-10(17)11(2)6-12(11,13)14/h3-5H,6H2,1-2H3,(H,16,17). The monoisotopic (exact) mass is 383 g/mol. The Hall–Kier alpha value is -0.000000000000000111. The van der Waals surface area contributed by atoms with Crippen molar-refractivity contribution in [3.63, 3.8) is 0 Å². The predicted octanol–water partition coefficient (Wildman–Crippen LogP) is 4.12. The summed E-state index contributed by atoms with van der Waals surface area (Å²) >= 11 is 14.2. The maximum Gasteiger partial charge on any atom is 0.233 e. The summed E-state index contributed by atoms with van der Waals surface area (Å²) < 4.78 is 0.216. The van der Waals surface area contributed by atoms with Gasteiger partial charge in [-0.05, 0) is 66.6 Å². The van der Waals surface area contributed by atoms with Gasteiger partial charge in [0, 0.05) is 9.26 Å². The third-order valence-electron chi connectivity index (χ3n) is 3.20. The van der Waals surface area contributed by atoms with E-state index in [1.807, 2.05) is 25.1 Å². The molecule has 0 spiro atoms. The Morgan fingerprint density at radius 1 is 1.47 bits per heavy atom. The number of amides is 1. The Kier molecular flexibility index (Phi) is 3.38. The summed E-state index contributed by atoms with van der Waals surface area (Å²) in [6.45, 7) is 3.74. The number of alkyl halides is 2. The van der Waals surface area contributed by atoms with Crippen LogP contribution in [0.25, 0.3) is 0 Å². The minimum Gasteiger partial charge on any atom is -0.325 e. The molecule has 0 aliphatic heterocycles. The molecule has 1 fully saturated rings. The number of carbonyl (C=O) groups excluding carboxylic acids is 1. The van der Waals surface area contributed by atoms with Gasteiger partial charge in [-0.25, -0.2) is 0 Å². The number of anilines is 1. The number of carbonyl (C=O) groups is 1. The first-order chi connectivity index (χ1) is 7.76. The zero-order valence-electron chi connectivity index (χ0n) is 9.48. The van der Waals surface area contributed by atoms with Gasteiger partial charge in [0.25, 0.3) is 0 Å². The molecule has 17 heavy (non-hydrogen) atoms. The number of hydrogen-bond acceptors (Lipinski definition) is 1. The van der Waals surface area contributed by atoms with Crippen molar-refractivity contribution in [2.75, 3.05) is 5.32 Å². The molecule has 2 nitrogen and oxygen atoms in total. The molecule has 1 aliphatic rings. The number of nitrogens with one attached hydrogen (secondary N) is 1. The van der Waals surface area contributed by atoms with Crippen molar-refractivity contribution in [3.8, 4) is 0 Å². The highest BCUT2D eigenvalue weighted by molar-refractivity contribution is 14.1. The molecule has 1 N–H and O–H groups in total. The lowest BCUT2D eigenvalue weighted by Crippen LogP contribution is -2.26. The first-order valence-corrected chi connectivity index (χ1v) is 7.05. The van der Waals surface area contributed by atoms with Crippen LogP contribution in [0.2, 0.25) is 0 Å². The Labute approximate surface area is 124 Å². The fraction of sp³-hybridized carbons (Fsp3) is 0.417. The maximum atomic E-state index is 12.1. The fourth-order valence-electron chi connectivity index (χ4n) is 1.67. The molecule has 92 valence electrons. The van der Waals surface area contributed by atoms with E-state index in [9.17, 15) is 4.79 Å². The molecular formula is C12H12Cl2INO. The molecule has 5 heteroatoms. The highest BCUT2D eigenvalue weighted by Crippen LogP contribution is 2.64. The fourth-order valence-corrected chi connectivity index (χ4v) is 3.03. The van der Waals surface area contributed by atoms with Crippen LogP contribution in [0.4, 0.5) is 5.69 Å². The van der Waals surface area contributed by atoms with Gasteiger partial charge in [0.05, 0.1) is 5.41 Å². The second-order valence-corrected chi connectivity index (χ2v) is 7.36. The molecule has 0 aromatic heterocycles. The lowest BCUT2D eigenvalue weighted by molar-refractivity contribution is -0.120. The molecular weight excluding hydrogens is 372 g/mol. The van der Waals surface area contributed by atoms with Crippen LogP contribution in [0.1, 0.15) is 18.9 Å². The molecule has 2 rings (SSSR count). The summed E-state index contributed by atoms with van der Waals surface area (Å²) in [6, 6.07) is 5.86. The topological polar surface area (TPSA) is 29.1 Å². The zero-order chi connectivity index (χ0) is 12.8. The van der Waals surface area contributed by atoms with Gasteiger partial charge in [-0.2, -0.15) is 0 Å². The van der Waals surface area contributed by atoms with Crippen LogP contribution in [0.5, 0.6) is 0 Å².